The number of carbonyl (C=O) groups is 2. The first kappa shape index (κ1) is 32.4. The van der Waals surface area contributed by atoms with Crippen molar-refractivity contribution < 1.29 is 28.2 Å². The Bertz CT molecular complexity index is 1660. The van der Waals surface area contributed by atoms with E-state index >= 15 is 4.39 Å². The van der Waals surface area contributed by atoms with Gasteiger partial charge in [-0.2, -0.15) is 0 Å². The number of nitrogens with zero attached hydrogens (tertiary/aromatic N) is 1. The number of anilines is 3. The van der Waals surface area contributed by atoms with Gasteiger partial charge >= 0.3 is 6.09 Å². The number of hydrogen-bond acceptors (Lipinski definition) is 7. The van der Waals surface area contributed by atoms with Crippen LogP contribution in [0.3, 0.4) is 0 Å². The van der Waals surface area contributed by atoms with Crippen molar-refractivity contribution in [1.82, 2.24) is 5.32 Å². The van der Waals surface area contributed by atoms with E-state index in [1.807, 2.05) is 12.1 Å². The zero-order valence-corrected chi connectivity index (χ0v) is 27.6. The largest absolute Gasteiger partial charge is 0.494 e. The van der Waals surface area contributed by atoms with Crippen molar-refractivity contribution in [2.75, 3.05) is 48.9 Å². The summed E-state index contributed by atoms with van der Waals surface area (Å²) in [5.41, 5.74) is 1.03. The molecule has 4 atom stereocenters. The molecular formula is C34H37Cl2FN4O5. The molecule has 0 aromatic heterocycles. The monoisotopic (exact) mass is 670 g/mol. The van der Waals surface area contributed by atoms with Crippen molar-refractivity contribution in [2.45, 2.75) is 50.8 Å². The maximum Gasteiger partial charge on any atom is 0.413 e. The van der Waals surface area contributed by atoms with Gasteiger partial charge in [-0.1, -0.05) is 62.2 Å². The molecule has 0 unspecified atom stereocenters. The van der Waals surface area contributed by atoms with E-state index in [9.17, 15) is 9.59 Å². The zero-order valence-electron chi connectivity index (χ0n) is 26.1. The molecule has 0 saturated carbocycles. The predicted octanol–water partition coefficient (Wildman–Crippen LogP) is 6.93. The van der Waals surface area contributed by atoms with Crippen LogP contribution in [-0.4, -0.2) is 57.7 Å². The van der Waals surface area contributed by atoms with Gasteiger partial charge in [0.15, 0.2) is 6.23 Å². The maximum atomic E-state index is 16.0. The van der Waals surface area contributed by atoms with Crippen LogP contribution in [-0.2, 0) is 19.7 Å². The fourth-order valence-electron chi connectivity index (χ4n) is 7.02. The molecule has 0 aliphatic carbocycles. The Hall–Kier alpha value is -3.57. The summed E-state index contributed by atoms with van der Waals surface area (Å²) in [5.74, 6) is -1.57. The molecule has 3 aromatic carbocycles. The molecule has 3 N–H and O–H groups in total. The van der Waals surface area contributed by atoms with Gasteiger partial charge in [0, 0.05) is 41.6 Å². The van der Waals surface area contributed by atoms with E-state index in [2.05, 4.69) is 41.6 Å². The molecule has 3 heterocycles. The molecule has 6 rings (SSSR count). The topological polar surface area (TPSA) is 101 Å². The minimum atomic E-state index is -1.36. The van der Waals surface area contributed by atoms with E-state index in [-0.39, 0.29) is 21.9 Å². The summed E-state index contributed by atoms with van der Waals surface area (Å²) >= 11 is 12.6. The van der Waals surface area contributed by atoms with Crippen molar-refractivity contribution in [3.63, 3.8) is 0 Å². The third-order valence-electron chi connectivity index (χ3n) is 8.92. The normalized spacial score (nSPS) is 24.1. The Morgan fingerprint density at radius 3 is 2.61 bits per heavy atom. The Labute approximate surface area is 277 Å². The van der Waals surface area contributed by atoms with Crippen LogP contribution >= 0.6 is 23.2 Å². The minimum Gasteiger partial charge on any atom is -0.494 e. The number of nitrogens with one attached hydrogen (secondary N) is 3. The Kier molecular flexibility index (Phi) is 8.84. The number of carbonyl (C=O) groups excluding carboxylic acids is 2. The number of morpholine rings is 1. The highest BCUT2D eigenvalue weighted by Gasteiger charge is 2.66. The average Bonchev–Trinajstić information content (AvgIpc) is 3.46. The van der Waals surface area contributed by atoms with E-state index in [1.165, 1.54) is 13.2 Å². The van der Waals surface area contributed by atoms with Crippen LogP contribution in [0, 0.1) is 11.2 Å². The number of methoxy groups -OCH3 is 1. The molecule has 244 valence electrons. The first-order valence-electron chi connectivity index (χ1n) is 15.2. The van der Waals surface area contributed by atoms with Gasteiger partial charge in [0.05, 0.1) is 37.0 Å². The van der Waals surface area contributed by atoms with Crippen molar-refractivity contribution >= 4 is 52.3 Å². The number of benzene rings is 3. The van der Waals surface area contributed by atoms with E-state index in [4.69, 9.17) is 37.4 Å². The molecule has 3 aromatic rings. The third-order valence-corrected chi connectivity index (χ3v) is 9.45. The van der Waals surface area contributed by atoms with Gasteiger partial charge in [0.1, 0.15) is 17.0 Å². The minimum absolute atomic E-state index is 0.102. The summed E-state index contributed by atoms with van der Waals surface area (Å²) in [6, 6.07) is 14.7. The number of rotatable bonds is 6. The fraction of sp³-hybridized carbons (Fsp3) is 0.412. The second kappa shape index (κ2) is 12.6. The molecule has 2 fully saturated rings. The lowest BCUT2D eigenvalue weighted by Crippen LogP contribution is -2.49. The summed E-state index contributed by atoms with van der Waals surface area (Å²) in [5, 5.41) is 9.53. The summed E-state index contributed by atoms with van der Waals surface area (Å²) in [7, 11) is 1.52. The molecular weight excluding hydrogens is 634 g/mol. The number of fused-ring (bicyclic) bond motifs is 2. The smallest absolute Gasteiger partial charge is 0.413 e. The van der Waals surface area contributed by atoms with Crippen molar-refractivity contribution in [3.05, 3.63) is 81.6 Å². The predicted molar refractivity (Wildman–Crippen MR) is 177 cm³/mol. The summed E-state index contributed by atoms with van der Waals surface area (Å²) in [6.07, 6.45) is -1.42. The highest BCUT2D eigenvalue weighted by Crippen LogP contribution is 2.57. The Balaban J connectivity index is 1.39. The maximum absolute atomic E-state index is 16.0. The highest BCUT2D eigenvalue weighted by molar-refractivity contribution is 6.31. The van der Waals surface area contributed by atoms with E-state index in [0.29, 0.717) is 47.3 Å². The standard InChI is InChI=1S/C34H37Cl2FN4O5/c1-33(2,3)18-27-34(22-10-8-19(35)16-25(22)38-31(34)42)28(21-6-5-7-23(36)29(21)37)30(40-27)46-32(43)39-24-11-9-20(17-26(24)44-4)41-12-14-45-15-13-41/h5-11,16-17,27-28,30,40H,12-15,18H2,1-4H3,(H,38,42)(H,39,43)/t27-,28-,30+,34+/m0/s1. The molecule has 0 radical (unpaired) electrons. The second-order valence-corrected chi connectivity index (χ2v) is 13.9. The van der Waals surface area contributed by atoms with Crippen LogP contribution in [0.1, 0.15) is 44.2 Å². The van der Waals surface area contributed by atoms with Gasteiger partial charge in [0.2, 0.25) is 5.91 Å². The van der Waals surface area contributed by atoms with Crippen LogP contribution in [0.4, 0.5) is 26.2 Å². The van der Waals surface area contributed by atoms with Crippen molar-refractivity contribution in [2.24, 2.45) is 5.41 Å². The van der Waals surface area contributed by atoms with E-state index in [0.717, 1.165) is 18.8 Å². The first-order chi connectivity index (χ1) is 21.9. The Morgan fingerprint density at radius 2 is 1.89 bits per heavy atom. The van der Waals surface area contributed by atoms with Crippen molar-refractivity contribution in [3.8, 4) is 5.75 Å². The van der Waals surface area contributed by atoms with Crippen LogP contribution < -0.4 is 25.6 Å². The van der Waals surface area contributed by atoms with Crippen LogP contribution in [0.15, 0.2) is 54.6 Å². The zero-order chi connectivity index (χ0) is 32.8. The molecule has 3 aliphatic heterocycles. The summed E-state index contributed by atoms with van der Waals surface area (Å²) in [6.45, 7) is 8.91. The van der Waals surface area contributed by atoms with Crippen LogP contribution in [0.2, 0.25) is 10.0 Å². The number of amides is 2. The lowest BCUT2D eigenvalue weighted by molar-refractivity contribution is -0.122. The molecule has 12 heteroatoms. The van der Waals surface area contributed by atoms with Gasteiger partial charge in [-0.3, -0.25) is 15.4 Å². The highest BCUT2D eigenvalue weighted by atomic mass is 35.5. The van der Waals surface area contributed by atoms with Crippen LogP contribution in [0.5, 0.6) is 5.75 Å². The summed E-state index contributed by atoms with van der Waals surface area (Å²) in [4.78, 5) is 30.1. The molecule has 0 bridgehead atoms. The van der Waals surface area contributed by atoms with Gasteiger partial charge in [-0.05, 0) is 53.3 Å². The average molecular weight is 672 g/mol. The third kappa shape index (κ3) is 5.88. The second-order valence-electron chi connectivity index (χ2n) is 13.1. The SMILES string of the molecule is COc1cc(N2CCOCC2)ccc1NC(=O)O[C@H]1N[C@@H](CC(C)(C)C)[C@@]2(C(=O)Nc3cc(Cl)ccc32)[C@H]1c1cccc(Cl)c1F. The lowest BCUT2D eigenvalue weighted by atomic mass is 9.63. The molecule has 46 heavy (non-hydrogen) atoms. The quantitative estimate of drug-likeness (QED) is 0.261. The lowest BCUT2D eigenvalue weighted by Gasteiger charge is -2.37. The molecule has 2 amide bonds. The van der Waals surface area contributed by atoms with Crippen molar-refractivity contribution in [1.29, 1.82) is 0 Å². The van der Waals surface area contributed by atoms with E-state index in [1.54, 1.807) is 36.4 Å². The number of ether oxygens (including phenoxy) is 3. The van der Waals surface area contributed by atoms with Gasteiger partial charge in [0.25, 0.3) is 0 Å². The molecule has 9 nitrogen and oxygen atoms in total. The molecule has 3 aliphatic rings. The molecule has 2 saturated heterocycles. The number of halogens is 3. The summed E-state index contributed by atoms with van der Waals surface area (Å²) < 4.78 is 33.1. The first-order valence-corrected chi connectivity index (χ1v) is 16.0. The molecule has 1 spiro atoms. The van der Waals surface area contributed by atoms with E-state index < -0.39 is 35.5 Å². The van der Waals surface area contributed by atoms with Gasteiger partial charge in [-0.25, -0.2) is 9.18 Å². The van der Waals surface area contributed by atoms with Gasteiger partial charge < -0.3 is 24.4 Å². The number of hydrogen-bond donors (Lipinski definition) is 3. The fourth-order valence-corrected chi connectivity index (χ4v) is 7.38. The Morgan fingerprint density at radius 1 is 1.13 bits per heavy atom. The van der Waals surface area contributed by atoms with Gasteiger partial charge in [-0.15, -0.1) is 0 Å². The van der Waals surface area contributed by atoms with Crippen LogP contribution in [0.25, 0.3) is 0 Å².